The third-order valence-corrected chi connectivity index (χ3v) is 6.69. The molecule has 0 saturated carbocycles. The van der Waals surface area contributed by atoms with Crippen LogP contribution in [0.5, 0.6) is 0 Å². The van der Waals surface area contributed by atoms with Gasteiger partial charge in [0.15, 0.2) is 0 Å². The minimum Gasteiger partial charge on any atom is -0.468 e. The zero-order chi connectivity index (χ0) is 20.1. The van der Waals surface area contributed by atoms with Gasteiger partial charge in [0, 0.05) is 22.4 Å². The zero-order valence-electron chi connectivity index (χ0n) is 16.5. The highest BCUT2D eigenvalue weighted by atomic mass is 32.2. The van der Waals surface area contributed by atoms with Gasteiger partial charge in [-0.2, -0.15) is 10.1 Å². The van der Waals surface area contributed by atoms with Crippen molar-refractivity contribution in [2.75, 3.05) is 12.9 Å². The van der Waals surface area contributed by atoms with E-state index in [0.717, 1.165) is 33.1 Å². The van der Waals surface area contributed by atoms with Gasteiger partial charge in [0.1, 0.15) is 9.86 Å². The lowest BCUT2D eigenvalue weighted by molar-refractivity contribution is -0.137. The normalized spacial score (nSPS) is 15.6. The highest BCUT2D eigenvalue weighted by Gasteiger charge is 2.31. The number of aryl methyl sites for hydroxylation is 2. The van der Waals surface area contributed by atoms with Gasteiger partial charge in [0.05, 0.1) is 30.8 Å². The summed E-state index contributed by atoms with van der Waals surface area (Å²) in [6.45, 7) is 8.67. The monoisotopic (exact) mass is 418 g/mol. The first-order chi connectivity index (χ1) is 13.3. The van der Waals surface area contributed by atoms with Gasteiger partial charge in [-0.25, -0.2) is 9.67 Å². The van der Waals surface area contributed by atoms with E-state index in [2.05, 4.69) is 18.9 Å². The first-order valence-corrected chi connectivity index (χ1v) is 10.8. The van der Waals surface area contributed by atoms with Crippen molar-refractivity contribution in [3.63, 3.8) is 0 Å². The van der Waals surface area contributed by atoms with Crippen LogP contribution in [0.3, 0.4) is 0 Å². The Bertz CT molecular complexity index is 1070. The number of esters is 1. The Morgan fingerprint density at radius 1 is 1.39 bits per heavy atom. The number of carbonyl (C=O) groups excluding carboxylic acids is 1. The lowest BCUT2D eigenvalue weighted by atomic mass is 9.95. The molecule has 4 heterocycles. The number of thioether (sulfide) groups is 1. The SMILES string of the molecule is COC(=O)CSc1nc(-n2nc(C)cc2C)nc2sc3c(c12)CC(C)(C)OC3. The standard InChI is InChI=1S/C19H22N4O3S2/c1-10-6-11(2)23(22-10)18-20-16(27-9-14(24)25-5)15-12-7-19(3,4)26-8-13(12)28-17(15)21-18/h6H,7-9H2,1-5H3. The highest BCUT2D eigenvalue weighted by Crippen LogP contribution is 2.42. The molecule has 1 aliphatic rings. The molecule has 148 valence electrons. The number of fused-ring (bicyclic) bond motifs is 3. The molecule has 0 N–H and O–H groups in total. The molecule has 0 atom stereocenters. The van der Waals surface area contributed by atoms with Gasteiger partial charge >= 0.3 is 5.97 Å². The van der Waals surface area contributed by atoms with Crippen molar-refractivity contribution in [1.82, 2.24) is 19.7 Å². The number of thiophene rings is 1. The van der Waals surface area contributed by atoms with Crippen LogP contribution in [0.1, 0.15) is 35.7 Å². The van der Waals surface area contributed by atoms with Crippen LogP contribution in [0.4, 0.5) is 0 Å². The van der Waals surface area contributed by atoms with Crippen LogP contribution >= 0.6 is 23.1 Å². The number of rotatable bonds is 4. The maximum absolute atomic E-state index is 11.7. The highest BCUT2D eigenvalue weighted by molar-refractivity contribution is 8.00. The molecule has 0 fully saturated rings. The fraction of sp³-hybridized carbons (Fsp3) is 0.474. The Balaban J connectivity index is 1.88. The van der Waals surface area contributed by atoms with Gasteiger partial charge in [0.2, 0.25) is 0 Å². The summed E-state index contributed by atoms with van der Waals surface area (Å²) in [6.07, 6.45) is 0.788. The van der Waals surface area contributed by atoms with E-state index in [1.165, 1.54) is 29.3 Å². The Morgan fingerprint density at radius 2 is 2.18 bits per heavy atom. The van der Waals surface area contributed by atoms with E-state index in [1.54, 1.807) is 16.0 Å². The smallest absolute Gasteiger partial charge is 0.316 e. The molecule has 0 saturated heterocycles. The Labute approximate surface area is 171 Å². The van der Waals surface area contributed by atoms with Crippen molar-refractivity contribution in [2.24, 2.45) is 0 Å². The number of carbonyl (C=O) groups is 1. The third-order valence-electron chi connectivity index (χ3n) is 4.64. The zero-order valence-corrected chi connectivity index (χ0v) is 18.2. The van der Waals surface area contributed by atoms with Gasteiger partial charge in [-0.15, -0.1) is 11.3 Å². The van der Waals surface area contributed by atoms with E-state index in [1.807, 2.05) is 19.9 Å². The average molecular weight is 419 g/mol. The largest absolute Gasteiger partial charge is 0.468 e. The Morgan fingerprint density at radius 3 is 2.86 bits per heavy atom. The van der Waals surface area contributed by atoms with E-state index in [9.17, 15) is 4.79 Å². The minimum atomic E-state index is -0.280. The van der Waals surface area contributed by atoms with E-state index in [-0.39, 0.29) is 17.3 Å². The second kappa shape index (κ2) is 7.13. The number of hydrogen-bond acceptors (Lipinski definition) is 8. The summed E-state index contributed by atoms with van der Waals surface area (Å²) in [7, 11) is 1.39. The summed E-state index contributed by atoms with van der Waals surface area (Å²) in [5.41, 5.74) is 2.86. The van der Waals surface area contributed by atoms with Gasteiger partial charge in [0.25, 0.3) is 5.95 Å². The van der Waals surface area contributed by atoms with Gasteiger partial charge in [-0.3, -0.25) is 4.79 Å². The van der Waals surface area contributed by atoms with E-state index in [0.29, 0.717) is 12.6 Å². The summed E-state index contributed by atoms with van der Waals surface area (Å²) in [4.78, 5) is 23.4. The molecule has 9 heteroatoms. The molecule has 28 heavy (non-hydrogen) atoms. The second-order valence-corrected chi connectivity index (χ2v) is 9.49. The summed E-state index contributed by atoms with van der Waals surface area (Å²) < 4.78 is 12.5. The van der Waals surface area contributed by atoms with Crippen molar-refractivity contribution >= 4 is 39.3 Å². The minimum absolute atomic E-state index is 0.198. The molecule has 0 amide bonds. The maximum Gasteiger partial charge on any atom is 0.316 e. The Kier molecular flexibility index (Phi) is 4.93. The van der Waals surface area contributed by atoms with Gasteiger partial charge in [-0.05, 0) is 39.3 Å². The molecule has 0 bridgehead atoms. The molecular formula is C19H22N4O3S2. The quantitative estimate of drug-likeness (QED) is 0.364. The van der Waals surface area contributed by atoms with Crippen molar-refractivity contribution in [1.29, 1.82) is 0 Å². The molecule has 4 rings (SSSR count). The van der Waals surface area contributed by atoms with E-state index >= 15 is 0 Å². The van der Waals surface area contributed by atoms with E-state index < -0.39 is 0 Å². The second-order valence-electron chi connectivity index (χ2n) is 7.44. The Hall–Kier alpha value is -1.97. The predicted octanol–water partition coefficient (Wildman–Crippen LogP) is 3.61. The number of hydrogen-bond donors (Lipinski definition) is 0. The van der Waals surface area contributed by atoms with Crippen LogP contribution in [-0.2, 0) is 27.3 Å². The lowest BCUT2D eigenvalue weighted by Gasteiger charge is -2.30. The molecule has 7 nitrogen and oxygen atoms in total. The summed E-state index contributed by atoms with van der Waals surface area (Å²) >= 11 is 3.01. The fourth-order valence-electron chi connectivity index (χ4n) is 3.32. The van der Waals surface area contributed by atoms with Crippen LogP contribution in [0.25, 0.3) is 16.2 Å². The van der Waals surface area contributed by atoms with Crippen LogP contribution in [0, 0.1) is 13.8 Å². The number of methoxy groups -OCH3 is 1. The van der Waals surface area contributed by atoms with Crippen LogP contribution in [-0.4, -0.2) is 44.2 Å². The number of ether oxygens (including phenoxy) is 2. The molecule has 3 aromatic heterocycles. The fourth-order valence-corrected chi connectivity index (χ4v) is 5.36. The lowest BCUT2D eigenvalue weighted by Crippen LogP contribution is -2.31. The molecule has 0 radical (unpaired) electrons. The van der Waals surface area contributed by atoms with Crippen LogP contribution < -0.4 is 0 Å². The van der Waals surface area contributed by atoms with Crippen molar-refractivity contribution in [2.45, 2.75) is 51.3 Å². The van der Waals surface area contributed by atoms with Gasteiger partial charge < -0.3 is 9.47 Å². The van der Waals surface area contributed by atoms with Crippen molar-refractivity contribution in [3.05, 3.63) is 27.9 Å². The molecule has 3 aromatic rings. The van der Waals surface area contributed by atoms with Crippen molar-refractivity contribution in [3.8, 4) is 5.95 Å². The molecule has 0 spiro atoms. The molecular weight excluding hydrogens is 396 g/mol. The summed E-state index contributed by atoms with van der Waals surface area (Å²) in [6, 6.07) is 1.99. The molecule has 0 aliphatic carbocycles. The summed E-state index contributed by atoms with van der Waals surface area (Å²) in [5.74, 6) is 0.436. The third kappa shape index (κ3) is 3.54. The van der Waals surface area contributed by atoms with Gasteiger partial charge in [-0.1, -0.05) is 11.8 Å². The first-order valence-electron chi connectivity index (χ1n) is 8.97. The molecule has 1 aliphatic heterocycles. The number of nitrogens with zero attached hydrogens (tertiary/aromatic N) is 4. The first kappa shape index (κ1) is 19.4. The maximum atomic E-state index is 11.7. The summed E-state index contributed by atoms with van der Waals surface area (Å²) in [5, 5.41) is 6.32. The topological polar surface area (TPSA) is 79.1 Å². The van der Waals surface area contributed by atoms with Crippen LogP contribution in [0.2, 0.25) is 0 Å². The molecule has 0 aromatic carbocycles. The van der Waals surface area contributed by atoms with E-state index in [4.69, 9.17) is 19.4 Å². The van der Waals surface area contributed by atoms with Crippen LogP contribution in [0.15, 0.2) is 11.1 Å². The predicted molar refractivity (Wildman–Crippen MR) is 109 cm³/mol. The molecule has 0 unspecified atom stereocenters. The average Bonchev–Trinajstić information content (AvgIpc) is 3.17. The van der Waals surface area contributed by atoms with Crippen molar-refractivity contribution < 1.29 is 14.3 Å². The number of aromatic nitrogens is 4.